The topological polar surface area (TPSA) is 84.1 Å². The van der Waals surface area contributed by atoms with Crippen LogP contribution in [0.2, 0.25) is 0 Å². The molecule has 7 heteroatoms. The predicted octanol–water partition coefficient (Wildman–Crippen LogP) is -0.707. The molecule has 1 amide bonds. The second kappa shape index (κ2) is 5.36. The van der Waals surface area contributed by atoms with Crippen molar-refractivity contribution in [1.29, 1.82) is 0 Å². The number of likely N-dealkylation sites (N-methyl/N-ethyl adjacent to an activating group) is 2. The molecule has 0 aliphatic carbocycles. The number of rotatable bonds is 4. The van der Waals surface area contributed by atoms with Gasteiger partial charge in [-0.3, -0.25) is 4.79 Å². The third kappa shape index (κ3) is 3.13. The van der Waals surface area contributed by atoms with Gasteiger partial charge in [-0.15, -0.1) is 0 Å². The second-order valence-electron chi connectivity index (χ2n) is 3.15. The molecule has 1 aromatic heterocycles. The maximum atomic E-state index is 11.1. The number of carbonyl (C=O) groups excluding carboxylic acids is 1. The molecule has 0 spiro atoms. The Morgan fingerprint density at radius 3 is 2.69 bits per heavy atom. The molecular weight excluding hydrogens is 226 g/mol. The SMILES string of the molecule is CNC(=O)CN(C)c1cnc(C(N)=S)cn1. The van der Waals surface area contributed by atoms with Crippen molar-refractivity contribution in [3.05, 3.63) is 18.1 Å². The summed E-state index contributed by atoms with van der Waals surface area (Å²) in [5.41, 5.74) is 5.86. The van der Waals surface area contributed by atoms with E-state index in [9.17, 15) is 4.79 Å². The average Bonchev–Trinajstić information content (AvgIpc) is 2.28. The first kappa shape index (κ1) is 12.3. The summed E-state index contributed by atoms with van der Waals surface area (Å²) in [7, 11) is 3.33. The van der Waals surface area contributed by atoms with Crippen LogP contribution in [-0.2, 0) is 4.79 Å². The van der Waals surface area contributed by atoms with Crippen LogP contribution < -0.4 is 16.0 Å². The lowest BCUT2D eigenvalue weighted by Gasteiger charge is -2.16. The van der Waals surface area contributed by atoms with Crippen molar-refractivity contribution in [2.45, 2.75) is 0 Å². The largest absolute Gasteiger partial charge is 0.388 e. The number of nitrogens with zero attached hydrogens (tertiary/aromatic N) is 3. The van der Waals surface area contributed by atoms with E-state index >= 15 is 0 Å². The number of hydrogen-bond acceptors (Lipinski definition) is 5. The van der Waals surface area contributed by atoms with E-state index < -0.39 is 0 Å². The molecule has 0 fully saturated rings. The second-order valence-corrected chi connectivity index (χ2v) is 3.59. The van der Waals surface area contributed by atoms with Crippen LogP contribution in [0.5, 0.6) is 0 Å². The zero-order chi connectivity index (χ0) is 12.1. The molecule has 0 saturated carbocycles. The zero-order valence-electron chi connectivity index (χ0n) is 9.10. The zero-order valence-corrected chi connectivity index (χ0v) is 9.91. The summed E-state index contributed by atoms with van der Waals surface area (Å²) in [4.78, 5) is 21.1. The number of nitrogens with one attached hydrogen (secondary N) is 1. The van der Waals surface area contributed by atoms with Gasteiger partial charge in [-0.25, -0.2) is 9.97 Å². The summed E-state index contributed by atoms with van der Waals surface area (Å²) in [5.74, 6) is 0.492. The number of anilines is 1. The van der Waals surface area contributed by atoms with E-state index in [4.69, 9.17) is 18.0 Å². The van der Waals surface area contributed by atoms with E-state index in [1.165, 1.54) is 12.4 Å². The lowest BCUT2D eigenvalue weighted by atomic mass is 10.4. The van der Waals surface area contributed by atoms with Gasteiger partial charge in [-0.1, -0.05) is 12.2 Å². The molecule has 1 rings (SSSR count). The number of amides is 1. The van der Waals surface area contributed by atoms with Crippen LogP contribution in [0.4, 0.5) is 5.82 Å². The Balaban J connectivity index is 2.73. The average molecular weight is 239 g/mol. The van der Waals surface area contributed by atoms with Gasteiger partial charge in [0, 0.05) is 14.1 Å². The van der Waals surface area contributed by atoms with E-state index in [1.54, 1.807) is 19.0 Å². The van der Waals surface area contributed by atoms with Gasteiger partial charge in [0.25, 0.3) is 0 Å². The molecule has 0 aliphatic rings. The van der Waals surface area contributed by atoms with Crippen molar-refractivity contribution in [2.75, 3.05) is 25.5 Å². The molecule has 0 unspecified atom stereocenters. The minimum Gasteiger partial charge on any atom is -0.388 e. The molecule has 1 aromatic rings. The van der Waals surface area contributed by atoms with Crippen LogP contribution in [0.3, 0.4) is 0 Å². The molecule has 0 bridgehead atoms. The molecule has 0 radical (unpaired) electrons. The number of nitrogens with two attached hydrogens (primary N) is 1. The molecule has 0 aromatic carbocycles. The smallest absolute Gasteiger partial charge is 0.239 e. The van der Waals surface area contributed by atoms with E-state index in [-0.39, 0.29) is 17.4 Å². The molecule has 0 atom stereocenters. The maximum Gasteiger partial charge on any atom is 0.239 e. The van der Waals surface area contributed by atoms with Crippen molar-refractivity contribution >= 4 is 28.9 Å². The molecule has 6 nitrogen and oxygen atoms in total. The Bertz CT molecular complexity index is 391. The van der Waals surface area contributed by atoms with Crippen LogP contribution in [0, 0.1) is 0 Å². The van der Waals surface area contributed by atoms with Crippen LogP contribution in [0.25, 0.3) is 0 Å². The fourth-order valence-corrected chi connectivity index (χ4v) is 1.13. The van der Waals surface area contributed by atoms with Crippen LogP contribution in [-0.4, -0.2) is 41.5 Å². The summed E-state index contributed by atoms with van der Waals surface area (Å²) in [6.45, 7) is 0.220. The number of aromatic nitrogens is 2. The van der Waals surface area contributed by atoms with Gasteiger partial charge in [0.15, 0.2) is 0 Å². The van der Waals surface area contributed by atoms with E-state index in [2.05, 4.69) is 15.3 Å². The molecule has 16 heavy (non-hydrogen) atoms. The molecular formula is C9H13N5OS. The first-order valence-electron chi connectivity index (χ1n) is 4.58. The first-order valence-corrected chi connectivity index (χ1v) is 4.99. The lowest BCUT2D eigenvalue weighted by Crippen LogP contribution is -2.33. The Hall–Kier alpha value is -1.76. The Labute approximate surface area is 98.9 Å². The highest BCUT2D eigenvalue weighted by Crippen LogP contribution is 2.05. The fourth-order valence-electron chi connectivity index (χ4n) is 1.02. The van der Waals surface area contributed by atoms with E-state index in [1.807, 2.05) is 0 Å². The summed E-state index contributed by atoms with van der Waals surface area (Å²) >= 11 is 4.76. The summed E-state index contributed by atoms with van der Waals surface area (Å²) < 4.78 is 0. The monoisotopic (exact) mass is 239 g/mol. The predicted molar refractivity (Wildman–Crippen MR) is 65.3 cm³/mol. The van der Waals surface area contributed by atoms with Gasteiger partial charge >= 0.3 is 0 Å². The minimum atomic E-state index is -0.0947. The number of hydrogen-bond donors (Lipinski definition) is 2. The van der Waals surface area contributed by atoms with Gasteiger partial charge in [-0.05, 0) is 0 Å². The van der Waals surface area contributed by atoms with Gasteiger partial charge in [-0.2, -0.15) is 0 Å². The van der Waals surface area contributed by atoms with Gasteiger partial charge in [0.2, 0.25) is 5.91 Å². The van der Waals surface area contributed by atoms with Crippen molar-refractivity contribution in [1.82, 2.24) is 15.3 Å². The highest BCUT2D eigenvalue weighted by molar-refractivity contribution is 7.80. The van der Waals surface area contributed by atoms with Crippen molar-refractivity contribution in [2.24, 2.45) is 5.73 Å². The maximum absolute atomic E-state index is 11.1. The highest BCUT2D eigenvalue weighted by Gasteiger charge is 2.07. The summed E-state index contributed by atoms with van der Waals surface area (Å²) in [5, 5.41) is 2.53. The van der Waals surface area contributed by atoms with Crippen molar-refractivity contribution < 1.29 is 4.79 Å². The van der Waals surface area contributed by atoms with Crippen molar-refractivity contribution in [3.63, 3.8) is 0 Å². The fraction of sp³-hybridized carbons (Fsp3) is 0.333. The molecule has 0 saturated heterocycles. The van der Waals surface area contributed by atoms with Gasteiger partial charge in [0.05, 0.1) is 18.9 Å². The van der Waals surface area contributed by atoms with E-state index in [0.717, 1.165) is 0 Å². The van der Waals surface area contributed by atoms with Gasteiger partial charge in [0.1, 0.15) is 16.5 Å². The minimum absolute atomic E-state index is 0.0947. The summed E-state index contributed by atoms with van der Waals surface area (Å²) in [6.07, 6.45) is 3.01. The Kier molecular flexibility index (Phi) is 4.12. The molecule has 86 valence electrons. The number of carbonyl (C=O) groups is 1. The van der Waals surface area contributed by atoms with Crippen LogP contribution in [0.1, 0.15) is 5.69 Å². The lowest BCUT2D eigenvalue weighted by molar-refractivity contribution is -0.119. The summed E-state index contributed by atoms with van der Waals surface area (Å²) in [6, 6.07) is 0. The normalized spacial score (nSPS) is 9.62. The Morgan fingerprint density at radius 2 is 2.25 bits per heavy atom. The molecule has 1 heterocycles. The quantitative estimate of drug-likeness (QED) is 0.675. The van der Waals surface area contributed by atoms with Crippen molar-refractivity contribution in [3.8, 4) is 0 Å². The van der Waals surface area contributed by atoms with Crippen LogP contribution in [0.15, 0.2) is 12.4 Å². The van der Waals surface area contributed by atoms with Crippen LogP contribution >= 0.6 is 12.2 Å². The highest BCUT2D eigenvalue weighted by atomic mass is 32.1. The van der Waals surface area contributed by atoms with Gasteiger partial charge < -0.3 is 16.0 Å². The first-order chi connectivity index (χ1) is 7.54. The van der Waals surface area contributed by atoms with E-state index in [0.29, 0.717) is 11.5 Å². The third-order valence-corrected chi connectivity index (χ3v) is 2.15. The number of thiocarbonyl (C=S) groups is 1. The molecule has 3 N–H and O–H groups in total. The third-order valence-electron chi connectivity index (χ3n) is 1.94. The standard InChI is InChI=1S/C9H13N5OS/c1-11-8(15)5-14(2)7-4-12-6(3-13-7)9(10)16/h3-4H,5H2,1-2H3,(H2,10,16)(H,11,15). The Morgan fingerprint density at radius 1 is 1.56 bits per heavy atom. The molecule has 0 aliphatic heterocycles.